The number of phosphoric acid groups is 1. The van der Waals surface area contributed by atoms with Crippen molar-refractivity contribution in [2.45, 2.75) is 193 Å². The number of unbranched alkanes of at least 4 members (excludes halogenated alkanes) is 17. The molecule has 9 heteroatoms. The van der Waals surface area contributed by atoms with E-state index < -0.39 is 20.0 Å². The van der Waals surface area contributed by atoms with E-state index in [1.165, 1.54) is 83.5 Å². The molecular formula is C51H92N2O6P+. The summed E-state index contributed by atoms with van der Waals surface area (Å²) in [5, 5.41) is 13.8. The molecule has 3 unspecified atom stereocenters. The molecular weight excluding hydrogens is 768 g/mol. The zero-order valence-corrected chi connectivity index (χ0v) is 40.1. The fourth-order valence-corrected chi connectivity index (χ4v) is 7.05. The van der Waals surface area contributed by atoms with Crippen molar-refractivity contribution in [2.75, 3.05) is 40.9 Å². The number of nitrogens with zero attached hydrogens (tertiary/aromatic N) is 1. The van der Waals surface area contributed by atoms with Gasteiger partial charge in [0.05, 0.1) is 39.9 Å². The summed E-state index contributed by atoms with van der Waals surface area (Å²) in [4.78, 5) is 23.2. The molecule has 0 aliphatic rings. The Morgan fingerprint density at radius 1 is 0.583 bits per heavy atom. The van der Waals surface area contributed by atoms with Gasteiger partial charge in [-0.25, -0.2) is 4.57 Å². The predicted octanol–water partition coefficient (Wildman–Crippen LogP) is 13.7. The van der Waals surface area contributed by atoms with E-state index in [0.717, 1.165) is 77.0 Å². The topological polar surface area (TPSA) is 105 Å². The molecule has 0 rings (SSSR count). The summed E-state index contributed by atoms with van der Waals surface area (Å²) in [6.07, 6.45) is 58.0. The van der Waals surface area contributed by atoms with Gasteiger partial charge in [0.2, 0.25) is 5.91 Å². The molecule has 0 bridgehead atoms. The van der Waals surface area contributed by atoms with Gasteiger partial charge in [-0.05, 0) is 77.0 Å². The first-order chi connectivity index (χ1) is 29.0. The van der Waals surface area contributed by atoms with Gasteiger partial charge < -0.3 is 19.8 Å². The van der Waals surface area contributed by atoms with Crippen molar-refractivity contribution in [3.05, 3.63) is 85.1 Å². The van der Waals surface area contributed by atoms with Gasteiger partial charge >= 0.3 is 7.82 Å². The molecule has 3 atom stereocenters. The average Bonchev–Trinajstić information content (AvgIpc) is 3.20. The number of aliphatic hydroxyl groups excluding tert-OH is 1. The van der Waals surface area contributed by atoms with Crippen LogP contribution >= 0.6 is 7.82 Å². The maximum atomic E-state index is 12.9. The molecule has 0 aliphatic heterocycles. The van der Waals surface area contributed by atoms with Gasteiger partial charge in [-0.1, -0.05) is 182 Å². The Morgan fingerprint density at radius 3 is 1.53 bits per heavy atom. The van der Waals surface area contributed by atoms with Crippen molar-refractivity contribution in [3.8, 4) is 0 Å². The third-order valence-electron chi connectivity index (χ3n) is 10.1. The van der Waals surface area contributed by atoms with Crippen LogP contribution in [0.1, 0.15) is 181 Å². The lowest BCUT2D eigenvalue weighted by atomic mass is 10.1. The summed E-state index contributed by atoms with van der Waals surface area (Å²) in [5.74, 6) is -0.199. The van der Waals surface area contributed by atoms with Crippen LogP contribution in [0.4, 0.5) is 0 Å². The lowest BCUT2D eigenvalue weighted by Gasteiger charge is -2.25. The van der Waals surface area contributed by atoms with Gasteiger partial charge in [0, 0.05) is 6.42 Å². The molecule has 60 heavy (non-hydrogen) atoms. The molecule has 346 valence electrons. The number of hydrogen-bond donors (Lipinski definition) is 3. The van der Waals surface area contributed by atoms with Crippen LogP contribution in [0.5, 0.6) is 0 Å². The van der Waals surface area contributed by atoms with E-state index in [1.807, 2.05) is 27.2 Å². The molecule has 3 N–H and O–H groups in total. The van der Waals surface area contributed by atoms with Crippen molar-refractivity contribution in [3.63, 3.8) is 0 Å². The molecule has 0 fully saturated rings. The van der Waals surface area contributed by atoms with Crippen molar-refractivity contribution >= 4 is 13.7 Å². The Balaban J connectivity index is 4.34. The average molecular weight is 860 g/mol. The zero-order valence-electron chi connectivity index (χ0n) is 39.2. The smallest absolute Gasteiger partial charge is 0.387 e. The molecule has 0 aromatic heterocycles. The Labute approximate surface area is 369 Å². The normalized spacial score (nSPS) is 15.0. The number of likely N-dealkylation sites (N-methyl/N-ethyl adjacent to an activating group) is 1. The number of amides is 1. The van der Waals surface area contributed by atoms with Crippen LogP contribution in [-0.4, -0.2) is 73.4 Å². The number of rotatable bonds is 42. The van der Waals surface area contributed by atoms with Crippen molar-refractivity contribution in [1.29, 1.82) is 0 Å². The van der Waals surface area contributed by atoms with Crippen LogP contribution in [0.15, 0.2) is 85.1 Å². The van der Waals surface area contributed by atoms with Gasteiger partial charge in [-0.3, -0.25) is 13.8 Å². The van der Waals surface area contributed by atoms with Crippen molar-refractivity contribution < 1.29 is 32.9 Å². The van der Waals surface area contributed by atoms with Crippen LogP contribution in [0, 0.1) is 0 Å². The Kier molecular flexibility index (Phi) is 40.4. The summed E-state index contributed by atoms with van der Waals surface area (Å²) in [7, 11) is 1.54. The second-order valence-electron chi connectivity index (χ2n) is 17.1. The highest BCUT2D eigenvalue weighted by molar-refractivity contribution is 7.47. The third-order valence-corrected chi connectivity index (χ3v) is 11.1. The lowest BCUT2D eigenvalue weighted by Crippen LogP contribution is -2.45. The summed E-state index contributed by atoms with van der Waals surface area (Å²) in [5.41, 5.74) is 0. The first kappa shape index (κ1) is 57.7. The van der Waals surface area contributed by atoms with Gasteiger partial charge in [0.15, 0.2) is 0 Å². The summed E-state index contributed by atoms with van der Waals surface area (Å²) in [6.45, 7) is 4.64. The predicted molar refractivity (Wildman–Crippen MR) is 258 cm³/mol. The molecule has 1 amide bonds. The van der Waals surface area contributed by atoms with Gasteiger partial charge in [-0.2, -0.15) is 0 Å². The number of hydrogen-bond acceptors (Lipinski definition) is 5. The monoisotopic (exact) mass is 860 g/mol. The number of aliphatic hydroxyl groups is 1. The highest BCUT2D eigenvalue weighted by Crippen LogP contribution is 2.43. The fraction of sp³-hybridized carbons (Fsp3) is 0.706. The lowest BCUT2D eigenvalue weighted by molar-refractivity contribution is -0.870. The standard InChI is InChI=1S/C51H91N2O6P/c1-6-8-10-12-14-16-18-20-21-22-23-24-25-26-27-28-29-30-31-33-35-37-39-41-43-45-51(55)52-49(48-59-60(56,57)58-47-46-53(3,4)5)50(54)44-42-40-38-36-34-32-19-17-15-13-11-9-7-2/h8,10,14,16,20-21,23-24,26-27,34,36,42,44,49-50,54H,6-7,9,11-13,15,17-19,22,25,28-33,35,37-41,43,45-48H2,1-5H3,(H-,52,55,56,57)/p+1/b10-8-,16-14-,21-20-,24-23-,27-26-,36-34+,44-42+. The maximum absolute atomic E-state index is 12.9. The quantitative estimate of drug-likeness (QED) is 0.0244. The van der Waals surface area contributed by atoms with Gasteiger partial charge in [0.25, 0.3) is 0 Å². The highest BCUT2D eigenvalue weighted by atomic mass is 31.2. The maximum Gasteiger partial charge on any atom is 0.472 e. The van der Waals surface area contributed by atoms with Gasteiger partial charge in [0.1, 0.15) is 13.2 Å². The van der Waals surface area contributed by atoms with E-state index in [-0.39, 0.29) is 19.1 Å². The summed E-state index contributed by atoms with van der Waals surface area (Å²) >= 11 is 0. The minimum atomic E-state index is -4.35. The molecule has 0 spiro atoms. The van der Waals surface area contributed by atoms with Gasteiger partial charge in [-0.15, -0.1) is 0 Å². The summed E-state index contributed by atoms with van der Waals surface area (Å²) in [6, 6.07) is -0.870. The van der Waals surface area contributed by atoms with E-state index in [4.69, 9.17) is 9.05 Å². The zero-order chi connectivity index (χ0) is 44.3. The molecule has 0 saturated carbocycles. The third kappa shape index (κ3) is 43.8. The number of carbonyl (C=O) groups is 1. The Bertz CT molecular complexity index is 1250. The number of quaternary nitrogens is 1. The second-order valence-corrected chi connectivity index (χ2v) is 18.5. The first-order valence-electron chi connectivity index (χ1n) is 24.0. The molecule has 0 aromatic carbocycles. The van der Waals surface area contributed by atoms with Crippen LogP contribution in [0.3, 0.4) is 0 Å². The molecule has 0 heterocycles. The number of phosphoric ester groups is 1. The van der Waals surface area contributed by atoms with Crippen LogP contribution in [0.2, 0.25) is 0 Å². The number of carbonyl (C=O) groups excluding carboxylic acids is 1. The minimum absolute atomic E-state index is 0.0506. The van der Waals surface area contributed by atoms with E-state index in [2.05, 4.69) is 92.1 Å². The molecule has 0 aliphatic carbocycles. The second kappa shape index (κ2) is 42.0. The minimum Gasteiger partial charge on any atom is -0.387 e. The van der Waals surface area contributed by atoms with Crippen molar-refractivity contribution in [2.24, 2.45) is 0 Å². The SMILES string of the molecule is CC/C=C\C/C=C\C/C=C\C/C=C\C/C=C\CCCCCCCCCCCC(=O)NC(COP(=O)(O)OCC[N+](C)(C)C)C(O)/C=C/CC/C=C/CCCCCCCCC. The van der Waals surface area contributed by atoms with Crippen LogP contribution in [-0.2, 0) is 18.4 Å². The molecule has 8 nitrogen and oxygen atoms in total. The largest absolute Gasteiger partial charge is 0.472 e. The van der Waals surface area contributed by atoms with E-state index in [0.29, 0.717) is 17.4 Å². The molecule has 0 saturated heterocycles. The first-order valence-corrected chi connectivity index (χ1v) is 25.5. The van der Waals surface area contributed by atoms with E-state index >= 15 is 0 Å². The fourth-order valence-electron chi connectivity index (χ4n) is 6.32. The Morgan fingerprint density at radius 2 is 1.02 bits per heavy atom. The number of allylic oxidation sites excluding steroid dienone is 13. The number of nitrogens with one attached hydrogen (secondary N) is 1. The van der Waals surface area contributed by atoms with Crippen LogP contribution < -0.4 is 5.32 Å². The highest BCUT2D eigenvalue weighted by Gasteiger charge is 2.27. The van der Waals surface area contributed by atoms with Crippen molar-refractivity contribution in [1.82, 2.24) is 5.32 Å². The van der Waals surface area contributed by atoms with E-state index in [9.17, 15) is 19.4 Å². The summed E-state index contributed by atoms with van der Waals surface area (Å²) < 4.78 is 23.6. The molecule has 0 aromatic rings. The van der Waals surface area contributed by atoms with E-state index in [1.54, 1.807) is 6.08 Å². The molecule has 0 radical (unpaired) electrons. The van der Waals surface area contributed by atoms with Crippen LogP contribution in [0.25, 0.3) is 0 Å². The Hall–Kier alpha value is -2.32.